The number of ether oxygens (including phenoxy) is 1. The van der Waals surface area contributed by atoms with E-state index in [0.717, 1.165) is 0 Å². The lowest BCUT2D eigenvalue weighted by atomic mass is 10.3. The van der Waals surface area contributed by atoms with Crippen LogP contribution in [0.1, 0.15) is 19.8 Å². The third-order valence-corrected chi connectivity index (χ3v) is 2.56. The van der Waals surface area contributed by atoms with Crippen molar-refractivity contribution in [3.05, 3.63) is 0 Å². The van der Waals surface area contributed by atoms with Crippen LogP contribution < -0.4 is 5.32 Å². The monoisotopic (exact) mass is 269 g/mol. The van der Waals surface area contributed by atoms with Crippen LogP contribution in [0, 0.1) is 0 Å². The molecule has 0 bridgehead atoms. The molecule has 0 saturated carbocycles. The molecule has 0 heterocycles. The topological polar surface area (TPSA) is 113 Å². The van der Waals surface area contributed by atoms with E-state index >= 15 is 0 Å². The normalized spacial score (nSPS) is 13.4. The molecular formula is C9H19NO6S. The van der Waals surface area contributed by atoms with E-state index in [-0.39, 0.29) is 31.4 Å². The van der Waals surface area contributed by atoms with E-state index in [1.807, 2.05) is 0 Å². The summed E-state index contributed by atoms with van der Waals surface area (Å²) in [7, 11) is -3.96. The number of nitrogens with one attached hydrogen (secondary N) is 1. The number of carbonyl (C=O) groups is 1. The van der Waals surface area contributed by atoms with E-state index in [9.17, 15) is 13.2 Å². The van der Waals surface area contributed by atoms with Crippen molar-refractivity contribution in [2.75, 3.05) is 25.4 Å². The van der Waals surface area contributed by atoms with Gasteiger partial charge in [0.15, 0.2) is 0 Å². The van der Waals surface area contributed by atoms with E-state index in [1.165, 1.54) is 0 Å². The highest BCUT2D eigenvalue weighted by atomic mass is 32.2. The first-order chi connectivity index (χ1) is 7.85. The number of hydrogen-bond donors (Lipinski definition) is 3. The minimum absolute atomic E-state index is 0.0594. The molecule has 8 heteroatoms. The van der Waals surface area contributed by atoms with Gasteiger partial charge in [0.05, 0.1) is 5.75 Å². The van der Waals surface area contributed by atoms with Crippen LogP contribution in [-0.4, -0.2) is 55.6 Å². The molecule has 0 aliphatic heterocycles. The Labute approximate surface area is 101 Å². The fourth-order valence-electron chi connectivity index (χ4n) is 1.05. The molecule has 102 valence electrons. The van der Waals surface area contributed by atoms with E-state index in [4.69, 9.17) is 14.4 Å². The average Bonchev–Trinajstić information content (AvgIpc) is 2.20. The predicted octanol–water partition coefficient (Wildman–Crippen LogP) is -0.832. The molecule has 1 atom stereocenters. The minimum Gasteiger partial charge on any atom is -0.461 e. The van der Waals surface area contributed by atoms with Crippen LogP contribution in [0.2, 0.25) is 0 Å². The maximum absolute atomic E-state index is 11.1. The third-order valence-electron chi connectivity index (χ3n) is 1.84. The fraction of sp³-hybridized carbons (Fsp3) is 0.889. The Kier molecular flexibility index (Phi) is 8.05. The van der Waals surface area contributed by atoms with Crippen LogP contribution in [0.3, 0.4) is 0 Å². The minimum atomic E-state index is -3.96. The van der Waals surface area contributed by atoms with Gasteiger partial charge in [-0.15, -0.1) is 0 Å². The number of esters is 1. The van der Waals surface area contributed by atoms with Gasteiger partial charge < -0.3 is 15.2 Å². The van der Waals surface area contributed by atoms with Crippen molar-refractivity contribution < 1.29 is 27.6 Å². The zero-order valence-electron chi connectivity index (χ0n) is 9.76. The van der Waals surface area contributed by atoms with Crippen molar-refractivity contribution >= 4 is 16.1 Å². The highest BCUT2D eigenvalue weighted by Crippen LogP contribution is 1.96. The van der Waals surface area contributed by atoms with Crippen LogP contribution in [-0.2, 0) is 19.6 Å². The summed E-state index contributed by atoms with van der Waals surface area (Å²) < 4.78 is 34.2. The molecule has 3 N–H and O–H groups in total. The Morgan fingerprint density at radius 1 is 1.47 bits per heavy atom. The van der Waals surface area contributed by atoms with Gasteiger partial charge >= 0.3 is 5.97 Å². The van der Waals surface area contributed by atoms with Gasteiger partial charge in [0.1, 0.15) is 6.10 Å². The first-order valence-corrected chi connectivity index (χ1v) is 6.92. The Bertz CT molecular complexity index is 315. The molecule has 7 nitrogen and oxygen atoms in total. The zero-order chi connectivity index (χ0) is 13.3. The molecular weight excluding hydrogens is 250 g/mol. The number of carbonyl (C=O) groups excluding carboxylic acids is 1. The second-order valence-corrected chi connectivity index (χ2v) is 5.19. The molecule has 0 aromatic heterocycles. The van der Waals surface area contributed by atoms with Gasteiger partial charge in [-0.3, -0.25) is 9.35 Å². The van der Waals surface area contributed by atoms with E-state index in [1.54, 1.807) is 6.92 Å². The SMILES string of the molecule is CC(CNCCS(=O)(=O)O)OC(=O)CCCO. The second-order valence-electron chi connectivity index (χ2n) is 3.62. The standard InChI is InChI=1S/C9H19NO6S/c1-8(16-9(12)3-2-5-11)7-10-4-6-17(13,14)15/h8,10-11H,2-7H2,1H3,(H,13,14,15). The van der Waals surface area contributed by atoms with Crippen molar-refractivity contribution in [3.63, 3.8) is 0 Å². The first kappa shape index (κ1) is 16.3. The van der Waals surface area contributed by atoms with Crippen LogP contribution in [0.15, 0.2) is 0 Å². The van der Waals surface area contributed by atoms with Crippen molar-refractivity contribution in [2.24, 2.45) is 0 Å². The Hall–Kier alpha value is -0.700. The van der Waals surface area contributed by atoms with Crippen molar-refractivity contribution in [2.45, 2.75) is 25.9 Å². The van der Waals surface area contributed by atoms with Gasteiger partial charge in [0.2, 0.25) is 0 Å². The lowest BCUT2D eigenvalue weighted by molar-refractivity contribution is -0.148. The van der Waals surface area contributed by atoms with Crippen molar-refractivity contribution in [1.82, 2.24) is 5.32 Å². The van der Waals surface area contributed by atoms with Gasteiger partial charge in [0.25, 0.3) is 10.1 Å². The smallest absolute Gasteiger partial charge is 0.306 e. The number of rotatable bonds is 9. The summed E-state index contributed by atoms with van der Waals surface area (Å²) in [5.41, 5.74) is 0. The quantitative estimate of drug-likeness (QED) is 0.284. The fourth-order valence-corrected chi connectivity index (χ4v) is 1.46. The Morgan fingerprint density at radius 2 is 2.12 bits per heavy atom. The highest BCUT2D eigenvalue weighted by molar-refractivity contribution is 7.85. The van der Waals surface area contributed by atoms with Crippen LogP contribution in [0.25, 0.3) is 0 Å². The lowest BCUT2D eigenvalue weighted by Gasteiger charge is -2.13. The summed E-state index contributed by atoms with van der Waals surface area (Å²) in [6, 6.07) is 0. The Balaban J connectivity index is 3.59. The molecule has 0 saturated heterocycles. The molecule has 0 fully saturated rings. The largest absolute Gasteiger partial charge is 0.461 e. The summed E-state index contributed by atoms with van der Waals surface area (Å²) in [6.45, 7) is 2.01. The van der Waals surface area contributed by atoms with Gasteiger partial charge in [-0.25, -0.2) is 0 Å². The van der Waals surface area contributed by atoms with E-state index in [2.05, 4.69) is 5.32 Å². The number of hydrogen-bond acceptors (Lipinski definition) is 6. The summed E-state index contributed by atoms with van der Waals surface area (Å²) in [5, 5.41) is 11.2. The maximum atomic E-state index is 11.1. The van der Waals surface area contributed by atoms with Crippen LogP contribution in [0.5, 0.6) is 0 Å². The Morgan fingerprint density at radius 3 is 2.65 bits per heavy atom. The lowest BCUT2D eigenvalue weighted by Crippen LogP contribution is -2.32. The van der Waals surface area contributed by atoms with Gasteiger partial charge in [-0.1, -0.05) is 0 Å². The number of aliphatic hydroxyl groups excluding tert-OH is 1. The molecule has 1 unspecified atom stereocenters. The molecule has 0 amide bonds. The van der Waals surface area contributed by atoms with Crippen molar-refractivity contribution in [1.29, 1.82) is 0 Å². The van der Waals surface area contributed by atoms with Crippen LogP contribution in [0.4, 0.5) is 0 Å². The third kappa shape index (κ3) is 11.6. The first-order valence-electron chi connectivity index (χ1n) is 5.31. The van der Waals surface area contributed by atoms with Gasteiger partial charge in [0, 0.05) is 26.1 Å². The molecule has 0 spiro atoms. The molecule has 0 aliphatic carbocycles. The zero-order valence-corrected chi connectivity index (χ0v) is 10.6. The molecule has 0 aromatic carbocycles. The predicted molar refractivity (Wildman–Crippen MR) is 61.2 cm³/mol. The van der Waals surface area contributed by atoms with E-state index < -0.39 is 16.1 Å². The second kappa shape index (κ2) is 8.40. The molecule has 0 rings (SSSR count). The average molecular weight is 269 g/mol. The van der Waals surface area contributed by atoms with Gasteiger partial charge in [-0.2, -0.15) is 8.42 Å². The molecule has 0 aliphatic rings. The summed E-state index contributed by atoms with van der Waals surface area (Å²) in [6.07, 6.45) is 0.135. The maximum Gasteiger partial charge on any atom is 0.306 e. The van der Waals surface area contributed by atoms with Crippen LogP contribution >= 0.6 is 0 Å². The molecule has 0 aromatic rings. The number of aliphatic hydroxyl groups is 1. The van der Waals surface area contributed by atoms with Crippen molar-refractivity contribution in [3.8, 4) is 0 Å². The van der Waals surface area contributed by atoms with E-state index in [0.29, 0.717) is 13.0 Å². The summed E-state index contributed by atoms with van der Waals surface area (Å²) in [5.74, 6) is -0.777. The molecule has 0 radical (unpaired) electrons. The summed E-state index contributed by atoms with van der Waals surface area (Å²) in [4.78, 5) is 11.1. The molecule has 17 heavy (non-hydrogen) atoms. The summed E-state index contributed by atoms with van der Waals surface area (Å²) >= 11 is 0. The van der Waals surface area contributed by atoms with Gasteiger partial charge in [-0.05, 0) is 13.3 Å². The highest BCUT2D eigenvalue weighted by Gasteiger charge is 2.09.